The van der Waals surface area contributed by atoms with Gasteiger partial charge in [-0.15, -0.1) is 10.2 Å². The molecule has 2 aromatic rings. The minimum atomic E-state index is 0.424. The zero-order chi connectivity index (χ0) is 18.8. The summed E-state index contributed by atoms with van der Waals surface area (Å²) in [7, 11) is 0. The van der Waals surface area contributed by atoms with Crippen molar-refractivity contribution < 1.29 is 9.15 Å². The first-order valence-corrected chi connectivity index (χ1v) is 10.3. The lowest BCUT2D eigenvalue weighted by atomic mass is 10.1. The Balaban J connectivity index is 1.12. The van der Waals surface area contributed by atoms with Gasteiger partial charge in [0.2, 0.25) is 17.7 Å². The number of piperidine rings is 1. The van der Waals surface area contributed by atoms with E-state index in [1.807, 2.05) is 12.3 Å². The molecule has 0 spiro atoms. The van der Waals surface area contributed by atoms with Crippen LogP contribution >= 0.6 is 0 Å². The maximum atomic E-state index is 5.79. The molecule has 0 bridgehead atoms. The number of hydrogen-bond donors (Lipinski definition) is 1. The summed E-state index contributed by atoms with van der Waals surface area (Å²) in [4.78, 5) is 13.7. The lowest BCUT2D eigenvalue weighted by molar-refractivity contribution is 0.122. The fraction of sp³-hybridized carbons (Fsp3) is 0.684. The number of aromatic nitrogens is 4. The van der Waals surface area contributed by atoms with Crippen LogP contribution in [-0.4, -0.2) is 70.5 Å². The van der Waals surface area contributed by atoms with Gasteiger partial charge in [-0.3, -0.25) is 4.90 Å². The Morgan fingerprint density at radius 1 is 1.04 bits per heavy atom. The molecule has 28 heavy (non-hydrogen) atoms. The van der Waals surface area contributed by atoms with Gasteiger partial charge in [-0.2, -0.15) is 4.98 Å². The van der Waals surface area contributed by atoms with Gasteiger partial charge in [0.05, 0.1) is 19.8 Å². The first kappa shape index (κ1) is 17.8. The van der Waals surface area contributed by atoms with Crippen LogP contribution in [0.2, 0.25) is 0 Å². The molecule has 0 aromatic carbocycles. The summed E-state index contributed by atoms with van der Waals surface area (Å²) in [5, 5.41) is 12.0. The largest absolute Gasteiger partial charge is 0.424 e. The van der Waals surface area contributed by atoms with Crippen LogP contribution in [0, 0.1) is 0 Å². The number of likely N-dealkylation sites (tertiary alicyclic amines) is 1. The molecule has 0 unspecified atom stereocenters. The van der Waals surface area contributed by atoms with Gasteiger partial charge < -0.3 is 19.4 Å². The Kier molecular flexibility index (Phi) is 5.09. The predicted molar refractivity (Wildman–Crippen MR) is 103 cm³/mol. The van der Waals surface area contributed by atoms with E-state index in [2.05, 4.69) is 30.3 Å². The molecule has 1 N–H and O–H groups in total. The van der Waals surface area contributed by atoms with Crippen LogP contribution in [0.3, 0.4) is 0 Å². The Hall–Kier alpha value is -2.26. The second kappa shape index (κ2) is 8.00. The first-order valence-electron chi connectivity index (χ1n) is 10.3. The van der Waals surface area contributed by atoms with E-state index >= 15 is 0 Å². The maximum Gasteiger partial charge on any atom is 0.230 e. The van der Waals surface area contributed by atoms with Gasteiger partial charge >= 0.3 is 0 Å². The Bertz CT molecular complexity index is 780. The molecule has 4 heterocycles. The number of rotatable bonds is 6. The SMILES string of the molecule is c1cc(NC2CCN(Cc3nnc(C4CC4)o3)CC2)nc(N2CCOCC2)n1. The molecule has 2 aliphatic heterocycles. The van der Waals surface area contributed by atoms with E-state index in [1.165, 1.54) is 12.8 Å². The quantitative estimate of drug-likeness (QED) is 0.796. The van der Waals surface area contributed by atoms with Crippen molar-refractivity contribution in [1.82, 2.24) is 25.1 Å². The topological polar surface area (TPSA) is 92.4 Å². The van der Waals surface area contributed by atoms with E-state index < -0.39 is 0 Å². The normalized spacial score (nSPS) is 21.8. The van der Waals surface area contributed by atoms with E-state index in [-0.39, 0.29) is 0 Å². The highest BCUT2D eigenvalue weighted by atomic mass is 16.5. The van der Waals surface area contributed by atoms with Crippen molar-refractivity contribution in [2.24, 2.45) is 0 Å². The Morgan fingerprint density at radius 3 is 2.64 bits per heavy atom. The number of morpholine rings is 1. The summed E-state index contributed by atoms with van der Waals surface area (Å²) >= 11 is 0. The lowest BCUT2D eigenvalue weighted by Crippen LogP contribution is -2.39. The van der Waals surface area contributed by atoms with Crippen molar-refractivity contribution in [3.63, 3.8) is 0 Å². The second-order valence-electron chi connectivity index (χ2n) is 7.84. The average molecular weight is 385 g/mol. The molecular formula is C19H27N7O2. The molecule has 2 aromatic heterocycles. The highest BCUT2D eigenvalue weighted by Gasteiger charge is 2.30. The number of anilines is 2. The molecule has 9 heteroatoms. The van der Waals surface area contributed by atoms with Crippen LogP contribution < -0.4 is 10.2 Å². The second-order valence-corrected chi connectivity index (χ2v) is 7.84. The van der Waals surface area contributed by atoms with Crippen molar-refractivity contribution in [2.45, 2.75) is 44.2 Å². The fourth-order valence-corrected chi connectivity index (χ4v) is 3.81. The highest BCUT2D eigenvalue weighted by molar-refractivity contribution is 5.42. The number of nitrogens with zero attached hydrogens (tertiary/aromatic N) is 6. The smallest absolute Gasteiger partial charge is 0.230 e. The van der Waals surface area contributed by atoms with Crippen LogP contribution in [0.5, 0.6) is 0 Å². The third-order valence-corrected chi connectivity index (χ3v) is 5.64. The van der Waals surface area contributed by atoms with Gasteiger partial charge in [-0.05, 0) is 31.7 Å². The summed E-state index contributed by atoms with van der Waals surface area (Å²) in [5.74, 6) is 3.78. The van der Waals surface area contributed by atoms with Crippen molar-refractivity contribution in [1.29, 1.82) is 0 Å². The van der Waals surface area contributed by atoms with Crippen molar-refractivity contribution >= 4 is 11.8 Å². The third kappa shape index (κ3) is 4.25. The zero-order valence-electron chi connectivity index (χ0n) is 16.1. The van der Waals surface area contributed by atoms with Gasteiger partial charge in [0.1, 0.15) is 5.82 Å². The van der Waals surface area contributed by atoms with E-state index in [9.17, 15) is 0 Å². The van der Waals surface area contributed by atoms with E-state index in [0.717, 1.165) is 82.3 Å². The monoisotopic (exact) mass is 385 g/mol. The number of hydrogen-bond acceptors (Lipinski definition) is 9. The van der Waals surface area contributed by atoms with E-state index in [4.69, 9.17) is 14.1 Å². The van der Waals surface area contributed by atoms with Gasteiger partial charge in [-0.25, -0.2) is 4.98 Å². The van der Waals surface area contributed by atoms with Crippen LogP contribution in [-0.2, 0) is 11.3 Å². The maximum absolute atomic E-state index is 5.79. The van der Waals surface area contributed by atoms with Crippen molar-refractivity contribution in [2.75, 3.05) is 49.6 Å². The Morgan fingerprint density at radius 2 is 1.86 bits per heavy atom. The summed E-state index contributed by atoms with van der Waals surface area (Å²) in [5.41, 5.74) is 0. The van der Waals surface area contributed by atoms with Crippen LogP contribution in [0.1, 0.15) is 43.4 Å². The summed E-state index contributed by atoms with van der Waals surface area (Å²) in [6.07, 6.45) is 6.35. The molecule has 2 saturated heterocycles. The molecule has 150 valence electrons. The minimum Gasteiger partial charge on any atom is -0.424 e. The summed E-state index contributed by atoms with van der Waals surface area (Å²) in [6, 6.07) is 2.38. The predicted octanol–water partition coefficient (Wildman–Crippen LogP) is 1.65. The zero-order valence-corrected chi connectivity index (χ0v) is 16.1. The number of ether oxygens (including phenoxy) is 1. The highest BCUT2D eigenvalue weighted by Crippen LogP contribution is 2.39. The molecule has 0 amide bonds. The standard InChI is InChI=1S/C19H27N7O2/c1-2-14(1)18-24-23-17(28-18)13-25-7-4-15(5-8-25)21-16-3-6-20-19(22-16)26-9-11-27-12-10-26/h3,6,14-15H,1-2,4-5,7-13H2,(H,20,21,22). The molecule has 0 radical (unpaired) electrons. The molecular weight excluding hydrogens is 358 g/mol. The third-order valence-electron chi connectivity index (χ3n) is 5.64. The molecule has 1 aliphatic carbocycles. The molecule has 3 fully saturated rings. The number of nitrogens with one attached hydrogen (secondary N) is 1. The van der Waals surface area contributed by atoms with Gasteiger partial charge in [0, 0.05) is 44.3 Å². The van der Waals surface area contributed by atoms with E-state index in [0.29, 0.717) is 12.0 Å². The molecule has 5 rings (SSSR count). The van der Waals surface area contributed by atoms with Crippen molar-refractivity contribution in [3.05, 3.63) is 24.0 Å². The summed E-state index contributed by atoms with van der Waals surface area (Å²) in [6.45, 7) is 5.95. The van der Waals surface area contributed by atoms with E-state index in [1.54, 1.807) is 0 Å². The first-order chi connectivity index (χ1) is 13.8. The minimum absolute atomic E-state index is 0.424. The lowest BCUT2D eigenvalue weighted by Gasteiger charge is -2.32. The molecule has 3 aliphatic rings. The van der Waals surface area contributed by atoms with Crippen molar-refractivity contribution in [3.8, 4) is 0 Å². The fourth-order valence-electron chi connectivity index (χ4n) is 3.81. The van der Waals surface area contributed by atoms with Gasteiger partial charge in [0.15, 0.2) is 0 Å². The van der Waals surface area contributed by atoms with Crippen LogP contribution in [0.15, 0.2) is 16.7 Å². The molecule has 9 nitrogen and oxygen atoms in total. The van der Waals surface area contributed by atoms with Gasteiger partial charge in [0.25, 0.3) is 0 Å². The van der Waals surface area contributed by atoms with Crippen LogP contribution in [0.4, 0.5) is 11.8 Å². The summed E-state index contributed by atoms with van der Waals surface area (Å²) < 4.78 is 11.2. The average Bonchev–Trinajstić information content (AvgIpc) is 3.50. The molecule has 0 atom stereocenters. The van der Waals surface area contributed by atoms with Gasteiger partial charge in [-0.1, -0.05) is 0 Å². The molecule has 1 saturated carbocycles. The van der Waals surface area contributed by atoms with Crippen LogP contribution in [0.25, 0.3) is 0 Å². The Labute approximate surface area is 164 Å².